The number of ether oxygens (including phenoxy) is 1. The highest BCUT2D eigenvalue weighted by molar-refractivity contribution is 5.76. The molecule has 3 aromatic carbocycles. The maximum absolute atomic E-state index is 8.37. The van der Waals surface area contributed by atoms with Crippen LogP contribution in [-0.4, -0.2) is 0 Å². The number of para-hydroxylation sites is 1. The Kier molecular flexibility index (Phi) is 3.63. The van der Waals surface area contributed by atoms with E-state index in [1.165, 1.54) is 16.7 Å². The molecule has 0 unspecified atom stereocenters. The first-order chi connectivity index (χ1) is 12.7. The van der Waals surface area contributed by atoms with Gasteiger partial charge in [-0.2, -0.15) is 0 Å². The summed E-state index contributed by atoms with van der Waals surface area (Å²) in [4.78, 5) is 0. The zero-order valence-corrected chi connectivity index (χ0v) is 16.2. The molecule has 26 heavy (non-hydrogen) atoms. The Labute approximate surface area is 158 Å². The first-order valence-electron chi connectivity index (χ1n) is 9.71. The fourth-order valence-electron chi connectivity index (χ4n) is 3.85. The molecule has 0 amide bonds. The van der Waals surface area contributed by atoms with Crippen molar-refractivity contribution < 1.29 is 6.11 Å². The summed E-state index contributed by atoms with van der Waals surface area (Å²) < 4.78 is 14.8. The number of benzene rings is 3. The lowest BCUT2D eigenvalue weighted by Gasteiger charge is -2.35. The van der Waals surface area contributed by atoms with Gasteiger partial charge in [0, 0.05) is 23.5 Å². The average Bonchev–Trinajstić information content (AvgIpc) is 2.60. The van der Waals surface area contributed by atoms with Crippen molar-refractivity contribution in [1.29, 1.82) is 0 Å². The van der Waals surface area contributed by atoms with Crippen LogP contribution in [0.25, 0.3) is 11.1 Å². The predicted octanol–water partition coefficient (Wildman–Crippen LogP) is 7.22. The summed E-state index contributed by atoms with van der Waals surface area (Å²) in [5.41, 5.74) is 6.67. The highest BCUT2D eigenvalue weighted by atomic mass is 16.5. The van der Waals surface area contributed by atoms with Crippen LogP contribution in [0.4, 0.5) is 0 Å². The smallest absolute Gasteiger partial charge is 0.139 e. The number of hydrogen-bond donors (Lipinski definition) is 0. The molecule has 0 saturated heterocycles. The third-order valence-electron chi connectivity index (χ3n) is 5.46. The minimum Gasteiger partial charge on any atom is -0.456 e. The Morgan fingerprint density at radius 1 is 0.923 bits per heavy atom. The third-order valence-corrected chi connectivity index (χ3v) is 5.46. The second kappa shape index (κ2) is 6.02. The van der Waals surface area contributed by atoms with Gasteiger partial charge in [-0.3, -0.25) is 0 Å². The van der Waals surface area contributed by atoms with E-state index < -0.39 is 5.89 Å². The van der Waals surface area contributed by atoms with Crippen molar-refractivity contribution in [3.63, 3.8) is 0 Å². The molecule has 0 atom stereocenters. The van der Waals surface area contributed by atoms with E-state index >= 15 is 0 Å². The fraction of sp³-hybridized carbons (Fsp3) is 0.280. The SMILES string of the molecule is [2H]C(C)(C)c1cccc(-c2cccc3c2Oc2cc(C)ccc2C3(C)C)c1. The first kappa shape index (κ1) is 15.7. The highest BCUT2D eigenvalue weighted by Gasteiger charge is 2.35. The lowest BCUT2D eigenvalue weighted by Crippen LogP contribution is -2.24. The largest absolute Gasteiger partial charge is 0.456 e. The van der Waals surface area contributed by atoms with Crippen molar-refractivity contribution in [2.24, 2.45) is 0 Å². The zero-order chi connectivity index (χ0) is 19.4. The Bertz CT molecular complexity index is 1020. The van der Waals surface area contributed by atoms with Crippen molar-refractivity contribution >= 4 is 0 Å². The van der Waals surface area contributed by atoms with Gasteiger partial charge in [-0.1, -0.05) is 82.3 Å². The van der Waals surface area contributed by atoms with Crippen LogP contribution in [0.1, 0.15) is 57.2 Å². The lowest BCUT2D eigenvalue weighted by molar-refractivity contribution is 0.419. The number of rotatable bonds is 2. The second-order valence-corrected chi connectivity index (χ2v) is 7.99. The summed E-state index contributed by atoms with van der Waals surface area (Å²) in [6.45, 7) is 10.5. The molecular formula is C25H26O. The quantitative estimate of drug-likeness (QED) is 0.477. The van der Waals surface area contributed by atoms with Gasteiger partial charge < -0.3 is 4.74 Å². The normalized spacial score (nSPS) is 15.5. The summed E-state index contributed by atoms with van der Waals surface area (Å²) in [5.74, 6) is 1.24. The minimum atomic E-state index is -0.630. The van der Waals surface area contributed by atoms with Crippen molar-refractivity contribution in [3.8, 4) is 22.6 Å². The van der Waals surface area contributed by atoms with Gasteiger partial charge in [0.05, 0.1) is 0 Å². The fourth-order valence-corrected chi connectivity index (χ4v) is 3.85. The van der Waals surface area contributed by atoms with Crippen molar-refractivity contribution in [2.75, 3.05) is 0 Å². The van der Waals surface area contributed by atoms with Gasteiger partial charge in [0.1, 0.15) is 11.5 Å². The molecule has 1 heterocycles. The number of hydrogen-bond acceptors (Lipinski definition) is 1. The molecule has 4 rings (SSSR count). The van der Waals surface area contributed by atoms with Gasteiger partial charge in [0.2, 0.25) is 0 Å². The van der Waals surface area contributed by atoms with Crippen LogP contribution in [0, 0.1) is 6.92 Å². The van der Waals surface area contributed by atoms with E-state index in [-0.39, 0.29) is 5.41 Å². The van der Waals surface area contributed by atoms with Gasteiger partial charge in [0.25, 0.3) is 0 Å². The summed E-state index contributed by atoms with van der Waals surface area (Å²) in [5, 5.41) is 0. The van der Waals surface area contributed by atoms with Crippen LogP contribution in [-0.2, 0) is 5.41 Å². The topological polar surface area (TPSA) is 9.23 Å². The van der Waals surface area contributed by atoms with Gasteiger partial charge in [-0.25, -0.2) is 0 Å². The molecule has 0 fully saturated rings. The molecule has 0 radical (unpaired) electrons. The van der Waals surface area contributed by atoms with E-state index in [0.717, 1.165) is 28.2 Å². The Morgan fingerprint density at radius 3 is 2.46 bits per heavy atom. The van der Waals surface area contributed by atoms with Crippen LogP contribution in [0.15, 0.2) is 60.7 Å². The van der Waals surface area contributed by atoms with E-state index in [1.807, 2.05) is 26.0 Å². The number of fused-ring (bicyclic) bond motifs is 2. The average molecular weight is 343 g/mol. The Balaban J connectivity index is 1.91. The standard InChI is InChI=1S/C25H26O/c1-16(2)18-8-6-9-19(15-18)20-10-7-11-22-24(20)26-23-14-17(3)12-13-21(23)25(22,4)5/h6-16H,1-5H3/i16D. The third kappa shape index (κ3) is 2.63. The van der Waals surface area contributed by atoms with Crippen LogP contribution in [0.3, 0.4) is 0 Å². The predicted molar refractivity (Wildman–Crippen MR) is 109 cm³/mol. The zero-order valence-electron chi connectivity index (χ0n) is 17.2. The lowest BCUT2D eigenvalue weighted by atomic mass is 9.74. The molecule has 1 heteroatoms. The molecule has 1 nitrogen and oxygen atoms in total. The summed E-state index contributed by atoms with van der Waals surface area (Å²) in [7, 11) is 0. The van der Waals surface area contributed by atoms with E-state index in [1.54, 1.807) is 0 Å². The monoisotopic (exact) mass is 343 g/mol. The van der Waals surface area contributed by atoms with E-state index in [9.17, 15) is 0 Å². The van der Waals surface area contributed by atoms with Crippen molar-refractivity contribution in [1.82, 2.24) is 0 Å². The van der Waals surface area contributed by atoms with Gasteiger partial charge in [-0.05, 0) is 35.6 Å². The minimum absolute atomic E-state index is 0.126. The van der Waals surface area contributed by atoms with Crippen LogP contribution >= 0.6 is 0 Å². The summed E-state index contributed by atoms with van der Waals surface area (Å²) in [6.07, 6.45) is 0. The molecule has 1 aliphatic heterocycles. The molecule has 0 aromatic heterocycles. The van der Waals surface area contributed by atoms with Gasteiger partial charge >= 0.3 is 0 Å². The van der Waals surface area contributed by atoms with Crippen molar-refractivity contribution in [2.45, 2.75) is 45.9 Å². The molecule has 132 valence electrons. The highest BCUT2D eigenvalue weighted by Crippen LogP contribution is 2.51. The van der Waals surface area contributed by atoms with Crippen LogP contribution in [0.2, 0.25) is 0 Å². The summed E-state index contributed by atoms with van der Waals surface area (Å²) >= 11 is 0. The molecule has 3 aromatic rings. The summed E-state index contributed by atoms with van der Waals surface area (Å²) in [6, 6.07) is 21.1. The van der Waals surface area contributed by atoms with Crippen LogP contribution < -0.4 is 4.74 Å². The molecule has 0 spiro atoms. The van der Waals surface area contributed by atoms with Crippen molar-refractivity contribution in [3.05, 3.63) is 82.9 Å². The van der Waals surface area contributed by atoms with Gasteiger partial charge in [0.15, 0.2) is 0 Å². The van der Waals surface area contributed by atoms with E-state index in [0.29, 0.717) is 0 Å². The molecule has 0 aliphatic carbocycles. The van der Waals surface area contributed by atoms with Crippen LogP contribution in [0.5, 0.6) is 11.5 Å². The molecule has 0 N–H and O–H groups in total. The molecule has 1 aliphatic rings. The molecular weight excluding hydrogens is 316 g/mol. The molecule has 0 bridgehead atoms. The Morgan fingerprint density at radius 2 is 1.69 bits per heavy atom. The maximum Gasteiger partial charge on any atom is 0.139 e. The Hall–Kier alpha value is -2.54. The van der Waals surface area contributed by atoms with E-state index in [4.69, 9.17) is 6.11 Å². The number of aryl methyl sites for hydroxylation is 1. The maximum atomic E-state index is 8.37. The van der Waals surface area contributed by atoms with Gasteiger partial charge in [-0.15, -0.1) is 0 Å². The first-order valence-corrected chi connectivity index (χ1v) is 9.21. The van der Waals surface area contributed by atoms with E-state index in [2.05, 4.69) is 69.3 Å². The molecule has 0 saturated carbocycles. The second-order valence-electron chi connectivity index (χ2n) is 7.99.